The summed E-state index contributed by atoms with van der Waals surface area (Å²) in [4.78, 5) is 11.1. The second kappa shape index (κ2) is 6.14. The van der Waals surface area contributed by atoms with Crippen LogP contribution in [0.3, 0.4) is 0 Å². The van der Waals surface area contributed by atoms with Crippen molar-refractivity contribution in [3.63, 3.8) is 0 Å². The molecule has 0 radical (unpaired) electrons. The molecule has 0 saturated carbocycles. The standard InChI is InChI=1S/C12H21NO4/c1-9(11(14)16-3)4-6-13-8-12(15)5-7-17-10(12)2/h4,10,13,15H,5-8H2,1-3H3. The van der Waals surface area contributed by atoms with E-state index in [-0.39, 0.29) is 12.1 Å². The van der Waals surface area contributed by atoms with Gasteiger partial charge in [0.15, 0.2) is 0 Å². The predicted molar refractivity (Wildman–Crippen MR) is 63.6 cm³/mol. The molecule has 0 aromatic rings. The number of carbonyl (C=O) groups is 1. The van der Waals surface area contributed by atoms with Crippen LogP contribution in [0, 0.1) is 0 Å². The van der Waals surface area contributed by atoms with Gasteiger partial charge in [-0.05, 0) is 13.8 Å². The lowest BCUT2D eigenvalue weighted by Gasteiger charge is -2.25. The van der Waals surface area contributed by atoms with E-state index in [2.05, 4.69) is 10.1 Å². The summed E-state index contributed by atoms with van der Waals surface area (Å²) in [6, 6.07) is 0. The molecule has 0 aromatic heterocycles. The average Bonchev–Trinajstić information content (AvgIpc) is 2.64. The Morgan fingerprint density at radius 2 is 2.41 bits per heavy atom. The van der Waals surface area contributed by atoms with Crippen molar-refractivity contribution in [2.45, 2.75) is 32.0 Å². The molecule has 2 unspecified atom stereocenters. The molecule has 1 fully saturated rings. The lowest BCUT2D eigenvalue weighted by atomic mass is 9.97. The third-order valence-electron chi connectivity index (χ3n) is 3.15. The molecular formula is C12H21NO4. The highest BCUT2D eigenvalue weighted by Crippen LogP contribution is 2.24. The van der Waals surface area contributed by atoms with Crippen LogP contribution in [0.5, 0.6) is 0 Å². The van der Waals surface area contributed by atoms with Gasteiger partial charge in [-0.1, -0.05) is 6.08 Å². The van der Waals surface area contributed by atoms with Crippen LogP contribution in [-0.4, -0.2) is 49.6 Å². The van der Waals surface area contributed by atoms with Crippen LogP contribution in [0.2, 0.25) is 0 Å². The molecule has 1 aliphatic heterocycles. The minimum Gasteiger partial charge on any atom is -0.466 e. The van der Waals surface area contributed by atoms with Crippen LogP contribution < -0.4 is 5.32 Å². The van der Waals surface area contributed by atoms with Crippen LogP contribution in [0.1, 0.15) is 20.3 Å². The molecule has 0 spiro atoms. The van der Waals surface area contributed by atoms with Crippen molar-refractivity contribution in [1.29, 1.82) is 0 Å². The number of rotatable bonds is 5. The minimum atomic E-state index is -0.799. The van der Waals surface area contributed by atoms with E-state index in [0.717, 1.165) is 0 Å². The van der Waals surface area contributed by atoms with Crippen molar-refractivity contribution in [2.75, 3.05) is 26.8 Å². The summed E-state index contributed by atoms with van der Waals surface area (Å²) in [5.74, 6) is -0.330. The largest absolute Gasteiger partial charge is 0.466 e. The zero-order valence-electron chi connectivity index (χ0n) is 10.7. The fourth-order valence-electron chi connectivity index (χ4n) is 1.76. The van der Waals surface area contributed by atoms with Crippen LogP contribution in [0.25, 0.3) is 0 Å². The van der Waals surface area contributed by atoms with Gasteiger partial charge in [0.2, 0.25) is 0 Å². The first-order valence-electron chi connectivity index (χ1n) is 5.79. The summed E-state index contributed by atoms with van der Waals surface area (Å²) < 4.78 is 9.90. The molecule has 1 rings (SSSR count). The molecule has 1 heterocycles. The van der Waals surface area contributed by atoms with Gasteiger partial charge in [-0.2, -0.15) is 0 Å². The highest BCUT2D eigenvalue weighted by molar-refractivity contribution is 5.87. The number of ether oxygens (including phenoxy) is 2. The Labute approximate surface area is 102 Å². The summed E-state index contributed by atoms with van der Waals surface area (Å²) in [5.41, 5.74) is -0.241. The highest BCUT2D eigenvalue weighted by Gasteiger charge is 2.38. The Morgan fingerprint density at radius 3 is 2.94 bits per heavy atom. The molecule has 2 N–H and O–H groups in total. The smallest absolute Gasteiger partial charge is 0.333 e. The number of esters is 1. The van der Waals surface area contributed by atoms with Crippen LogP contribution in [-0.2, 0) is 14.3 Å². The summed E-state index contributed by atoms with van der Waals surface area (Å²) in [6.07, 6.45) is 2.23. The van der Waals surface area contributed by atoms with Crippen LogP contribution in [0.15, 0.2) is 11.6 Å². The van der Waals surface area contributed by atoms with Gasteiger partial charge in [0.1, 0.15) is 5.60 Å². The Bertz CT molecular complexity index is 303. The molecule has 0 bridgehead atoms. The van der Waals surface area contributed by atoms with Gasteiger partial charge in [0.25, 0.3) is 0 Å². The Kier molecular flexibility index (Phi) is 5.11. The molecule has 0 amide bonds. The van der Waals surface area contributed by atoms with Gasteiger partial charge in [-0.25, -0.2) is 4.79 Å². The maximum absolute atomic E-state index is 11.1. The van der Waals surface area contributed by atoms with Crippen LogP contribution >= 0.6 is 0 Å². The molecule has 0 aliphatic carbocycles. The quantitative estimate of drug-likeness (QED) is 0.411. The number of hydrogen-bond donors (Lipinski definition) is 2. The van der Waals surface area contributed by atoms with E-state index >= 15 is 0 Å². The van der Waals surface area contributed by atoms with Gasteiger partial charge < -0.3 is 19.9 Å². The Morgan fingerprint density at radius 1 is 1.71 bits per heavy atom. The zero-order valence-corrected chi connectivity index (χ0v) is 10.7. The third kappa shape index (κ3) is 3.80. The second-order valence-corrected chi connectivity index (χ2v) is 4.38. The molecular weight excluding hydrogens is 222 g/mol. The number of nitrogens with one attached hydrogen (secondary N) is 1. The number of methoxy groups -OCH3 is 1. The summed E-state index contributed by atoms with van der Waals surface area (Å²) in [6.45, 7) is 5.14. The predicted octanol–water partition coefficient (Wildman–Crippen LogP) is 0.235. The van der Waals surface area contributed by atoms with Crippen molar-refractivity contribution in [3.05, 3.63) is 11.6 Å². The van der Waals surface area contributed by atoms with E-state index < -0.39 is 5.60 Å². The molecule has 1 aliphatic rings. The van der Waals surface area contributed by atoms with E-state index in [4.69, 9.17) is 4.74 Å². The summed E-state index contributed by atoms with van der Waals surface area (Å²) in [5, 5.41) is 13.3. The lowest BCUT2D eigenvalue weighted by molar-refractivity contribution is -0.136. The van der Waals surface area contributed by atoms with Crippen LogP contribution in [0.4, 0.5) is 0 Å². The fourth-order valence-corrected chi connectivity index (χ4v) is 1.76. The number of hydrogen-bond acceptors (Lipinski definition) is 5. The van der Waals surface area contributed by atoms with E-state index in [1.54, 1.807) is 13.0 Å². The first-order valence-corrected chi connectivity index (χ1v) is 5.79. The van der Waals surface area contributed by atoms with Crippen molar-refractivity contribution in [1.82, 2.24) is 5.32 Å². The van der Waals surface area contributed by atoms with Gasteiger partial charge in [0.05, 0.1) is 13.2 Å². The second-order valence-electron chi connectivity index (χ2n) is 4.38. The molecule has 98 valence electrons. The maximum Gasteiger partial charge on any atom is 0.333 e. The van der Waals surface area contributed by atoms with Crippen molar-refractivity contribution in [3.8, 4) is 0 Å². The van der Waals surface area contributed by atoms with Crippen molar-refractivity contribution >= 4 is 5.97 Å². The van der Waals surface area contributed by atoms with Gasteiger partial charge in [-0.15, -0.1) is 0 Å². The van der Waals surface area contributed by atoms with Gasteiger partial charge in [0, 0.05) is 31.7 Å². The Hall–Kier alpha value is -0.910. The maximum atomic E-state index is 11.1. The fraction of sp³-hybridized carbons (Fsp3) is 0.750. The zero-order chi connectivity index (χ0) is 12.9. The van der Waals surface area contributed by atoms with E-state index in [1.807, 2.05) is 6.92 Å². The normalized spacial score (nSPS) is 29.4. The highest BCUT2D eigenvalue weighted by atomic mass is 16.5. The molecule has 5 heteroatoms. The lowest BCUT2D eigenvalue weighted by Crippen LogP contribution is -2.45. The van der Waals surface area contributed by atoms with Crippen molar-refractivity contribution in [2.24, 2.45) is 0 Å². The van der Waals surface area contributed by atoms with E-state index in [0.29, 0.717) is 31.7 Å². The first-order chi connectivity index (χ1) is 7.99. The Balaban J connectivity index is 2.31. The van der Waals surface area contributed by atoms with E-state index in [1.165, 1.54) is 7.11 Å². The number of carbonyl (C=O) groups excluding carboxylic acids is 1. The van der Waals surface area contributed by atoms with E-state index in [9.17, 15) is 9.90 Å². The molecule has 1 saturated heterocycles. The third-order valence-corrected chi connectivity index (χ3v) is 3.15. The minimum absolute atomic E-state index is 0.152. The molecule has 2 atom stereocenters. The molecule has 5 nitrogen and oxygen atoms in total. The average molecular weight is 243 g/mol. The first kappa shape index (κ1) is 14.2. The summed E-state index contributed by atoms with van der Waals surface area (Å²) in [7, 11) is 1.35. The molecule has 0 aromatic carbocycles. The topological polar surface area (TPSA) is 67.8 Å². The summed E-state index contributed by atoms with van der Waals surface area (Å²) >= 11 is 0. The van der Waals surface area contributed by atoms with Crippen molar-refractivity contribution < 1.29 is 19.4 Å². The van der Waals surface area contributed by atoms with Gasteiger partial charge >= 0.3 is 5.97 Å². The monoisotopic (exact) mass is 243 g/mol. The number of aliphatic hydroxyl groups is 1. The van der Waals surface area contributed by atoms with Gasteiger partial charge in [-0.3, -0.25) is 0 Å². The molecule has 17 heavy (non-hydrogen) atoms. The SMILES string of the molecule is COC(=O)C(C)=CCNCC1(O)CCOC1C.